The molecular formula is C13H7ClF2N2O. The van der Waals surface area contributed by atoms with Crippen LogP contribution in [0.5, 0.6) is 0 Å². The molecule has 1 heterocycles. The minimum absolute atomic E-state index is 0.0263. The minimum Gasteiger partial charge on any atom is -0.436 e. The van der Waals surface area contributed by atoms with Gasteiger partial charge in [0.05, 0.1) is 10.6 Å². The van der Waals surface area contributed by atoms with Crippen molar-refractivity contribution in [1.29, 1.82) is 0 Å². The molecule has 0 saturated carbocycles. The van der Waals surface area contributed by atoms with E-state index in [1.165, 1.54) is 0 Å². The Kier molecular flexibility index (Phi) is 2.64. The van der Waals surface area contributed by atoms with Gasteiger partial charge in [-0.3, -0.25) is 0 Å². The molecule has 0 fully saturated rings. The summed E-state index contributed by atoms with van der Waals surface area (Å²) in [6, 6.07) is 6.76. The van der Waals surface area contributed by atoms with Gasteiger partial charge in [0.1, 0.15) is 5.52 Å². The van der Waals surface area contributed by atoms with Crippen LogP contribution in [-0.2, 0) is 0 Å². The van der Waals surface area contributed by atoms with Crippen molar-refractivity contribution in [3.05, 3.63) is 47.0 Å². The van der Waals surface area contributed by atoms with Crippen molar-refractivity contribution in [2.45, 2.75) is 0 Å². The molecule has 0 atom stereocenters. The third kappa shape index (κ3) is 2.02. The standard InChI is InChI=1S/C13H7ClF2N2O/c14-8-5-10(16)9(15)4-7(8)13-18-11-3-6(17)1-2-12(11)19-13/h1-5H,17H2. The molecular weight excluding hydrogens is 274 g/mol. The number of hydrogen-bond acceptors (Lipinski definition) is 3. The summed E-state index contributed by atoms with van der Waals surface area (Å²) < 4.78 is 31.7. The lowest BCUT2D eigenvalue weighted by Gasteiger charge is -2.00. The van der Waals surface area contributed by atoms with Crippen LogP contribution < -0.4 is 5.73 Å². The van der Waals surface area contributed by atoms with E-state index in [4.69, 9.17) is 21.8 Å². The van der Waals surface area contributed by atoms with Gasteiger partial charge >= 0.3 is 0 Å². The van der Waals surface area contributed by atoms with Crippen LogP contribution >= 0.6 is 11.6 Å². The van der Waals surface area contributed by atoms with Gasteiger partial charge in [0.2, 0.25) is 5.89 Å². The summed E-state index contributed by atoms with van der Waals surface area (Å²) in [5.41, 5.74) is 7.36. The lowest BCUT2D eigenvalue weighted by atomic mass is 10.2. The second kappa shape index (κ2) is 4.20. The Hall–Kier alpha value is -2.14. The number of benzene rings is 2. The normalized spacial score (nSPS) is 11.1. The third-order valence-electron chi connectivity index (χ3n) is 2.65. The molecule has 19 heavy (non-hydrogen) atoms. The topological polar surface area (TPSA) is 52.0 Å². The van der Waals surface area contributed by atoms with Crippen molar-refractivity contribution in [1.82, 2.24) is 4.98 Å². The van der Waals surface area contributed by atoms with E-state index in [0.29, 0.717) is 16.8 Å². The van der Waals surface area contributed by atoms with E-state index in [-0.39, 0.29) is 16.5 Å². The zero-order chi connectivity index (χ0) is 13.6. The maximum Gasteiger partial charge on any atom is 0.228 e. The molecule has 0 radical (unpaired) electrons. The highest BCUT2D eigenvalue weighted by molar-refractivity contribution is 6.33. The number of nitrogens with zero attached hydrogens (tertiary/aromatic N) is 1. The first kappa shape index (κ1) is 11.9. The van der Waals surface area contributed by atoms with Gasteiger partial charge in [-0.25, -0.2) is 13.8 Å². The first-order valence-corrected chi connectivity index (χ1v) is 5.73. The number of oxazole rings is 1. The Morgan fingerprint density at radius 2 is 1.84 bits per heavy atom. The zero-order valence-electron chi connectivity index (χ0n) is 9.45. The van der Waals surface area contributed by atoms with Crippen LogP contribution in [0.4, 0.5) is 14.5 Å². The maximum absolute atomic E-state index is 13.2. The molecule has 96 valence electrons. The fourth-order valence-corrected chi connectivity index (χ4v) is 1.98. The number of anilines is 1. The third-order valence-corrected chi connectivity index (χ3v) is 2.96. The van der Waals surface area contributed by atoms with E-state index >= 15 is 0 Å². The fraction of sp³-hybridized carbons (Fsp3) is 0. The first-order chi connectivity index (χ1) is 9.04. The predicted octanol–water partition coefficient (Wildman–Crippen LogP) is 4.01. The van der Waals surface area contributed by atoms with Crippen LogP contribution in [0.3, 0.4) is 0 Å². The second-order valence-corrected chi connectivity index (χ2v) is 4.40. The summed E-state index contributed by atoms with van der Waals surface area (Å²) in [5, 5.41) is 0.0263. The lowest BCUT2D eigenvalue weighted by Crippen LogP contribution is -1.87. The smallest absolute Gasteiger partial charge is 0.228 e. The molecule has 0 bridgehead atoms. The van der Waals surface area contributed by atoms with Gasteiger partial charge in [-0.2, -0.15) is 0 Å². The van der Waals surface area contributed by atoms with E-state index in [1.54, 1.807) is 18.2 Å². The molecule has 0 aliphatic rings. The molecule has 0 spiro atoms. The molecule has 0 aliphatic carbocycles. The van der Waals surface area contributed by atoms with Crippen molar-refractivity contribution in [3.63, 3.8) is 0 Å². The van der Waals surface area contributed by atoms with Crippen LogP contribution in [0.25, 0.3) is 22.6 Å². The molecule has 3 nitrogen and oxygen atoms in total. The van der Waals surface area contributed by atoms with Gasteiger partial charge in [-0.05, 0) is 30.3 Å². The highest BCUT2D eigenvalue weighted by atomic mass is 35.5. The highest BCUT2D eigenvalue weighted by Gasteiger charge is 2.15. The Balaban J connectivity index is 2.21. The number of halogens is 3. The van der Waals surface area contributed by atoms with Crippen molar-refractivity contribution in [2.75, 3.05) is 5.73 Å². The number of fused-ring (bicyclic) bond motifs is 1. The van der Waals surface area contributed by atoms with E-state index in [9.17, 15) is 8.78 Å². The first-order valence-electron chi connectivity index (χ1n) is 5.35. The number of hydrogen-bond donors (Lipinski definition) is 1. The monoisotopic (exact) mass is 280 g/mol. The van der Waals surface area contributed by atoms with Gasteiger partial charge in [0.15, 0.2) is 17.2 Å². The lowest BCUT2D eigenvalue weighted by molar-refractivity contribution is 0.508. The average Bonchev–Trinajstić information content (AvgIpc) is 2.76. The Labute approximate surface area is 111 Å². The Morgan fingerprint density at radius 3 is 2.63 bits per heavy atom. The molecule has 3 aromatic rings. The number of rotatable bonds is 1. The van der Waals surface area contributed by atoms with E-state index in [0.717, 1.165) is 12.1 Å². The SMILES string of the molecule is Nc1ccc2oc(-c3cc(F)c(F)cc3Cl)nc2c1. The molecule has 2 N–H and O–H groups in total. The Bertz CT molecular complexity index is 786. The number of nitrogens with two attached hydrogens (primary N) is 1. The van der Waals surface area contributed by atoms with E-state index in [2.05, 4.69) is 4.98 Å². The van der Waals surface area contributed by atoms with Gasteiger partial charge < -0.3 is 10.2 Å². The minimum atomic E-state index is -1.02. The molecule has 0 aliphatic heterocycles. The van der Waals surface area contributed by atoms with Crippen molar-refractivity contribution >= 4 is 28.4 Å². The Morgan fingerprint density at radius 1 is 1.11 bits per heavy atom. The van der Waals surface area contributed by atoms with E-state index in [1.807, 2.05) is 0 Å². The summed E-state index contributed by atoms with van der Waals surface area (Å²) in [5.74, 6) is -1.92. The van der Waals surface area contributed by atoms with Crippen LogP contribution in [-0.4, -0.2) is 4.98 Å². The van der Waals surface area contributed by atoms with Crippen LogP contribution in [0.15, 0.2) is 34.7 Å². The quantitative estimate of drug-likeness (QED) is 0.541. The number of aromatic nitrogens is 1. The molecule has 0 unspecified atom stereocenters. The van der Waals surface area contributed by atoms with Gasteiger partial charge in [0, 0.05) is 5.69 Å². The summed E-state index contributed by atoms with van der Waals surface area (Å²) in [7, 11) is 0. The van der Waals surface area contributed by atoms with E-state index < -0.39 is 11.6 Å². The van der Waals surface area contributed by atoms with Crippen LogP contribution in [0.2, 0.25) is 5.02 Å². The molecule has 0 saturated heterocycles. The van der Waals surface area contributed by atoms with Crippen LogP contribution in [0.1, 0.15) is 0 Å². The van der Waals surface area contributed by atoms with Gasteiger partial charge in [0.25, 0.3) is 0 Å². The number of nitrogen functional groups attached to an aromatic ring is 1. The molecule has 6 heteroatoms. The molecule has 2 aromatic carbocycles. The van der Waals surface area contributed by atoms with Crippen molar-refractivity contribution < 1.29 is 13.2 Å². The van der Waals surface area contributed by atoms with Crippen LogP contribution in [0, 0.1) is 11.6 Å². The summed E-state index contributed by atoms with van der Waals surface area (Å²) in [6.07, 6.45) is 0. The molecule has 1 aromatic heterocycles. The summed E-state index contributed by atoms with van der Waals surface area (Å²) in [4.78, 5) is 4.16. The van der Waals surface area contributed by atoms with Crippen molar-refractivity contribution in [3.8, 4) is 11.5 Å². The second-order valence-electron chi connectivity index (χ2n) is 3.99. The summed E-state index contributed by atoms with van der Waals surface area (Å²) in [6.45, 7) is 0. The predicted molar refractivity (Wildman–Crippen MR) is 68.8 cm³/mol. The maximum atomic E-state index is 13.2. The largest absolute Gasteiger partial charge is 0.436 e. The average molecular weight is 281 g/mol. The highest BCUT2D eigenvalue weighted by Crippen LogP contribution is 2.32. The zero-order valence-corrected chi connectivity index (χ0v) is 10.2. The van der Waals surface area contributed by atoms with Crippen molar-refractivity contribution in [2.24, 2.45) is 0 Å². The molecule has 3 rings (SSSR count). The van der Waals surface area contributed by atoms with Gasteiger partial charge in [-0.15, -0.1) is 0 Å². The molecule has 0 amide bonds. The summed E-state index contributed by atoms with van der Waals surface area (Å²) >= 11 is 5.86. The van der Waals surface area contributed by atoms with Gasteiger partial charge in [-0.1, -0.05) is 11.6 Å². The fourth-order valence-electron chi connectivity index (χ4n) is 1.75.